The summed E-state index contributed by atoms with van der Waals surface area (Å²) in [7, 11) is 0. The topological polar surface area (TPSA) is 17.1 Å². The third-order valence-corrected chi connectivity index (χ3v) is 3.62. The molecule has 1 heterocycles. The number of rotatable bonds is 2. The molecule has 0 aliphatic carbocycles. The van der Waals surface area contributed by atoms with Gasteiger partial charge in [-0.3, -0.25) is 4.79 Å². The SMILES string of the molecule is Cc1sc(Br)cc1C(=O)C(C(F)(F)F)C(F)(F)F. The molecule has 0 amide bonds. The van der Waals surface area contributed by atoms with Crippen LogP contribution in [0.25, 0.3) is 0 Å². The number of ketones is 1. The smallest absolute Gasteiger partial charge is 0.293 e. The van der Waals surface area contributed by atoms with E-state index in [0.29, 0.717) is 3.79 Å². The maximum Gasteiger partial charge on any atom is 0.407 e. The maximum absolute atomic E-state index is 12.3. The van der Waals surface area contributed by atoms with Gasteiger partial charge in [-0.2, -0.15) is 26.3 Å². The monoisotopic (exact) mass is 354 g/mol. The van der Waals surface area contributed by atoms with Crippen molar-refractivity contribution in [2.24, 2.45) is 5.92 Å². The Kier molecular flexibility index (Phi) is 4.16. The molecule has 0 aliphatic heterocycles. The van der Waals surface area contributed by atoms with Crippen LogP contribution in [-0.2, 0) is 0 Å². The summed E-state index contributed by atoms with van der Waals surface area (Å²) in [6.07, 6.45) is -11.3. The van der Waals surface area contributed by atoms with Crippen LogP contribution in [-0.4, -0.2) is 18.1 Å². The summed E-state index contributed by atoms with van der Waals surface area (Å²) >= 11 is 3.80. The van der Waals surface area contributed by atoms with E-state index in [9.17, 15) is 31.1 Å². The zero-order chi connectivity index (χ0) is 14.3. The first-order chi connectivity index (χ1) is 7.94. The number of halogens is 7. The summed E-state index contributed by atoms with van der Waals surface area (Å²) in [4.78, 5) is 11.5. The van der Waals surface area contributed by atoms with Gasteiger partial charge >= 0.3 is 12.4 Å². The predicted octanol–water partition coefficient (Wildman–Crippen LogP) is 4.74. The molecule has 0 N–H and O–H groups in total. The lowest BCUT2D eigenvalue weighted by atomic mass is 9.97. The molecule has 0 saturated heterocycles. The highest BCUT2D eigenvalue weighted by Gasteiger charge is 2.61. The van der Waals surface area contributed by atoms with Gasteiger partial charge in [-0.1, -0.05) is 0 Å². The third-order valence-electron chi connectivity index (χ3n) is 2.07. The second-order valence-electron chi connectivity index (χ2n) is 3.40. The van der Waals surface area contributed by atoms with Crippen LogP contribution in [0.4, 0.5) is 26.3 Å². The molecule has 18 heavy (non-hydrogen) atoms. The lowest BCUT2D eigenvalue weighted by Gasteiger charge is -2.21. The Labute approximate surface area is 110 Å². The van der Waals surface area contributed by atoms with Crippen LogP contribution in [0, 0.1) is 12.8 Å². The molecule has 1 aromatic rings. The Balaban J connectivity index is 3.24. The lowest BCUT2D eigenvalue weighted by molar-refractivity contribution is -0.264. The number of thiophene rings is 1. The van der Waals surface area contributed by atoms with Gasteiger partial charge in [0.15, 0.2) is 5.78 Å². The van der Waals surface area contributed by atoms with E-state index in [4.69, 9.17) is 0 Å². The van der Waals surface area contributed by atoms with E-state index in [1.165, 1.54) is 6.92 Å². The Hall–Kier alpha value is -0.570. The molecule has 0 radical (unpaired) electrons. The molecule has 1 nitrogen and oxygen atoms in total. The minimum Gasteiger partial charge on any atom is -0.293 e. The molecule has 1 aromatic heterocycles. The second-order valence-corrected chi connectivity index (χ2v) is 6.04. The molecule has 0 atom stereocenters. The molecule has 102 valence electrons. The van der Waals surface area contributed by atoms with Gasteiger partial charge in [0.2, 0.25) is 5.92 Å². The van der Waals surface area contributed by atoms with Crippen LogP contribution in [0.15, 0.2) is 9.85 Å². The van der Waals surface area contributed by atoms with E-state index >= 15 is 0 Å². The molecule has 0 aromatic carbocycles. The van der Waals surface area contributed by atoms with Crippen LogP contribution in [0.3, 0.4) is 0 Å². The first kappa shape index (κ1) is 15.5. The van der Waals surface area contributed by atoms with E-state index in [-0.39, 0.29) is 4.88 Å². The number of carbonyl (C=O) groups excluding carboxylic acids is 1. The minimum atomic E-state index is -5.66. The van der Waals surface area contributed by atoms with Crippen molar-refractivity contribution in [1.82, 2.24) is 0 Å². The summed E-state index contributed by atoms with van der Waals surface area (Å²) in [5, 5.41) is 0. The van der Waals surface area contributed by atoms with Crippen molar-refractivity contribution in [3.05, 3.63) is 20.3 Å². The fourth-order valence-corrected chi connectivity index (χ4v) is 3.02. The van der Waals surface area contributed by atoms with Crippen molar-refractivity contribution >= 4 is 33.0 Å². The van der Waals surface area contributed by atoms with Crippen molar-refractivity contribution in [1.29, 1.82) is 0 Å². The first-order valence-corrected chi connectivity index (χ1v) is 5.99. The van der Waals surface area contributed by atoms with Gasteiger partial charge in [-0.05, 0) is 28.9 Å². The highest BCUT2D eigenvalue weighted by Crippen LogP contribution is 2.42. The summed E-state index contributed by atoms with van der Waals surface area (Å²) in [5.74, 6) is -5.96. The van der Waals surface area contributed by atoms with Gasteiger partial charge in [0.25, 0.3) is 0 Å². The van der Waals surface area contributed by atoms with Gasteiger partial charge in [0, 0.05) is 10.4 Å². The van der Waals surface area contributed by atoms with Gasteiger partial charge < -0.3 is 0 Å². The Bertz CT molecular complexity index is 447. The van der Waals surface area contributed by atoms with E-state index in [1.54, 1.807) is 0 Å². The zero-order valence-electron chi connectivity index (χ0n) is 8.62. The van der Waals surface area contributed by atoms with Crippen molar-refractivity contribution in [2.75, 3.05) is 0 Å². The highest BCUT2D eigenvalue weighted by molar-refractivity contribution is 9.11. The van der Waals surface area contributed by atoms with Crippen LogP contribution in [0.2, 0.25) is 0 Å². The summed E-state index contributed by atoms with van der Waals surface area (Å²) in [5.41, 5.74) is -0.563. The number of alkyl halides is 6. The first-order valence-electron chi connectivity index (χ1n) is 4.38. The Morgan fingerprint density at radius 2 is 1.67 bits per heavy atom. The Morgan fingerprint density at radius 3 is 1.94 bits per heavy atom. The molecular weight excluding hydrogens is 350 g/mol. The number of carbonyl (C=O) groups is 1. The van der Waals surface area contributed by atoms with Crippen LogP contribution in [0.5, 0.6) is 0 Å². The summed E-state index contributed by atoms with van der Waals surface area (Å²) < 4.78 is 74.3. The Morgan fingerprint density at radius 1 is 1.22 bits per heavy atom. The predicted molar refractivity (Wildman–Crippen MR) is 56.7 cm³/mol. The average Bonchev–Trinajstić information content (AvgIpc) is 2.39. The van der Waals surface area contributed by atoms with Crippen LogP contribution < -0.4 is 0 Å². The third kappa shape index (κ3) is 3.25. The largest absolute Gasteiger partial charge is 0.407 e. The van der Waals surface area contributed by atoms with E-state index in [0.717, 1.165) is 17.4 Å². The quantitative estimate of drug-likeness (QED) is 0.553. The zero-order valence-corrected chi connectivity index (χ0v) is 11.0. The van der Waals surface area contributed by atoms with Crippen molar-refractivity contribution in [3.63, 3.8) is 0 Å². The number of Topliss-reactive ketones (excluding diaryl/α,β-unsaturated/α-hetero) is 1. The second kappa shape index (κ2) is 4.84. The van der Waals surface area contributed by atoms with E-state index in [1.807, 2.05) is 0 Å². The van der Waals surface area contributed by atoms with E-state index < -0.39 is 29.6 Å². The average molecular weight is 355 g/mol. The molecule has 0 fully saturated rings. The van der Waals surface area contributed by atoms with Crippen molar-refractivity contribution < 1.29 is 31.1 Å². The molecule has 0 aliphatic rings. The fourth-order valence-electron chi connectivity index (χ4n) is 1.33. The van der Waals surface area contributed by atoms with Gasteiger partial charge in [-0.15, -0.1) is 11.3 Å². The molecule has 1 rings (SSSR count). The van der Waals surface area contributed by atoms with Gasteiger partial charge in [-0.25, -0.2) is 0 Å². The minimum absolute atomic E-state index is 0.102. The highest BCUT2D eigenvalue weighted by atomic mass is 79.9. The van der Waals surface area contributed by atoms with E-state index in [2.05, 4.69) is 15.9 Å². The molecule has 0 bridgehead atoms. The maximum atomic E-state index is 12.3. The summed E-state index contributed by atoms with van der Waals surface area (Å²) in [6, 6.07) is 0.965. The molecule has 0 unspecified atom stereocenters. The van der Waals surface area contributed by atoms with Gasteiger partial charge in [0.1, 0.15) is 0 Å². The van der Waals surface area contributed by atoms with Crippen molar-refractivity contribution in [2.45, 2.75) is 19.3 Å². The van der Waals surface area contributed by atoms with Crippen LogP contribution in [0.1, 0.15) is 15.2 Å². The van der Waals surface area contributed by atoms with Crippen LogP contribution >= 0.6 is 27.3 Å². The van der Waals surface area contributed by atoms with Gasteiger partial charge in [0.05, 0.1) is 3.79 Å². The number of aryl methyl sites for hydroxylation is 1. The molecular formula is C9H5BrF6OS. The molecule has 0 spiro atoms. The lowest BCUT2D eigenvalue weighted by Crippen LogP contribution is -2.42. The molecule has 9 heteroatoms. The number of hydrogen-bond donors (Lipinski definition) is 0. The summed E-state index contributed by atoms with van der Waals surface area (Å²) in [6.45, 7) is 1.28. The standard InChI is InChI=1S/C9H5BrF6OS/c1-3-4(2-5(10)18-3)6(17)7(8(11,12)13)9(14,15)16/h2,7H,1H3. The van der Waals surface area contributed by atoms with Crippen molar-refractivity contribution in [3.8, 4) is 0 Å². The normalized spacial score (nSPS) is 13.2. The number of hydrogen-bond acceptors (Lipinski definition) is 2. The molecule has 0 saturated carbocycles. The fraction of sp³-hybridized carbons (Fsp3) is 0.444.